The van der Waals surface area contributed by atoms with E-state index in [1.54, 1.807) is 0 Å². The Kier molecular flexibility index (Phi) is 2.03. The molecule has 2 aliphatic heterocycles. The zero-order chi connectivity index (χ0) is 12.1. The van der Waals surface area contributed by atoms with Gasteiger partial charge in [0.15, 0.2) is 0 Å². The summed E-state index contributed by atoms with van der Waals surface area (Å²) in [4.78, 5) is 2.37. The van der Waals surface area contributed by atoms with Crippen LogP contribution in [0.15, 0.2) is 53.3 Å². The van der Waals surface area contributed by atoms with Crippen LogP contribution in [0.3, 0.4) is 0 Å². The van der Waals surface area contributed by atoms with Crippen LogP contribution < -0.4 is 4.74 Å². The number of hydrogen-bond acceptors (Lipinski definition) is 2. The molecule has 18 heavy (non-hydrogen) atoms. The van der Waals surface area contributed by atoms with Crippen molar-refractivity contribution in [2.75, 3.05) is 13.6 Å². The number of rotatable bonds is 0. The lowest BCUT2D eigenvalue weighted by Crippen LogP contribution is -2.27. The molecule has 3 aliphatic rings. The molecule has 1 saturated heterocycles. The van der Waals surface area contributed by atoms with E-state index in [9.17, 15) is 0 Å². The average Bonchev–Trinajstić information content (AvgIpc) is 2.78. The van der Waals surface area contributed by atoms with E-state index in [2.05, 4.69) is 42.3 Å². The Labute approximate surface area is 107 Å². The molecule has 2 nitrogen and oxygen atoms in total. The van der Waals surface area contributed by atoms with Gasteiger partial charge in [-0.15, -0.1) is 0 Å². The first-order chi connectivity index (χ1) is 8.83. The third kappa shape index (κ3) is 1.33. The molecule has 0 N–H and O–H groups in total. The predicted octanol–water partition coefficient (Wildman–Crippen LogP) is 2.99. The van der Waals surface area contributed by atoms with Gasteiger partial charge in [0, 0.05) is 17.7 Å². The van der Waals surface area contributed by atoms with Crippen molar-refractivity contribution >= 4 is 6.08 Å². The topological polar surface area (TPSA) is 12.5 Å². The lowest BCUT2D eigenvalue weighted by molar-refractivity contribution is 0.360. The van der Waals surface area contributed by atoms with Crippen LogP contribution in [-0.2, 0) is 0 Å². The highest BCUT2D eigenvalue weighted by atomic mass is 16.5. The number of likely N-dealkylation sites (tertiary alicyclic amines) is 1. The molecule has 1 aliphatic carbocycles. The Morgan fingerprint density at radius 2 is 2.17 bits per heavy atom. The van der Waals surface area contributed by atoms with Crippen molar-refractivity contribution in [2.24, 2.45) is 0 Å². The summed E-state index contributed by atoms with van der Waals surface area (Å²) in [6.45, 7) is 1.12. The van der Waals surface area contributed by atoms with Crippen molar-refractivity contribution in [3.05, 3.63) is 58.9 Å². The minimum Gasteiger partial charge on any atom is -0.456 e. The van der Waals surface area contributed by atoms with Crippen molar-refractivity contribution in [2.45, 2.75) is 12.5 Å². The van der Waals surface area contributed by atoms with Gasteiger partial charge in [-0.1, -0.05) is 30.4 Å². The minimum atomic E-state index is 0.433. The molecular weight excluding hydrogens is 222 g/mol. The molecular formula is C16H15NO. The fourth-order valence-corrected chi connectivity index (χ4v) is 3.02. The lowest BCUT2D eigenvalue weighted by Gasteiger charge is -2.27. The molecule has 1 aromatic carbocycles. The summed E-state index contributed by atoms with van der Waals surface area (Å²) in [7, 11) is 2.17. The van der Waals surface area contributed by atoms with E-state index in [1.807, 2.05) is 12.1 Å². The van der Waals surface area contributed by atoms with Gasteiger partial charge >= 0.3 is 0 Å². The van der Waals surface area contributed by atoms with Gasteiger partial charge in [-0.05, 0) is 31.2 Å². The Bertz CT molecular complexity index is 609. The molecule has 0 radical (unpaired) electrons. The van der Waals surface area contributed by atoms with Crippen LogP contribution in [-0.4, -0.2) is 24.5 Å². The van der Waals surface area contributed by atoms with Crippen LogP contribution >= 0.6 is 0 Å². The van der Waals surface area contributed by atoms with Gasteiger partial charge in [0.05, 0.1) is 6.04 Å². The van der Waals surface area contributed by atoms with E-state index in [0.29, 0.717) is 6.04 Å². The quantitative estimate of drug-likeness (QED) is 0.687. The number of ether oxygens (including phenoxy) is 1. The lowest BCUT2D eigenvalue weighted by atomic mass is 9.93. The summed E-state index contributed by atoms with van der Waals surface area (Å²) in [5, 5.41) is 0. The number of allylic oxidation sites excluding steroid dienone is 1. The van der Waals surface area contributed by atoms with Gasteiger partial charge in [0.25, 0.3) is 0 Å². The van der Waals surface area contributed by atoms with Gasteiger partial charge in [-0.2, -0.15) is 0 Å². The summed E-state index contributed by atoms with van der Waals surface area (Å²) < 4.78 is 6.13. The second-order valence-electron chi connectivity index (χ2n) is 5.13. The molecule has 0 amide bonds. The standard InChI is InChI=1S/C16H15NO/c1-17-9-8-13-14(17)7-6-12-10-11-4-2-3-5-15(11)18-16(12)13/h2-7,10,14H,8-9H2,1H3. The van der Waals surface area contributed by atoms with E-state index in [4.69, 9.17) is 4.74 Å². The Balaban J connectivity index is 1.87. The van der Waals surface area contributed by atoms with Gasteiger partial charge < -0.3 is 4.74 Å². The highest BCUT2D eigenvalue weighted by molar-refractivity contribution is 5.71. The Hall–Kier alpha value is -1.80. The SMILES string of the molecule is CN1CCC2=C3Oc4ccccc4C=C3C=CC21. The first kappa shape index (κ1) is 10.2. The van der Waals surface area contributed by atoms with E-state index < -0.39 is 0 Å². The summed E-state index contributed by atoms with van der Waals surface area (Å²) in [5.74, 6) is 2.07. The fourth-order valence-electron chi connectivity index (χ4n) is 3.02. The molecule has 0 saturated carbocycles. The second kappa shape index (κ2) is 3.59. The first-order valence-corrected chi connectivity index (χ1v) is 6.43. The molecule has 2 heteroatoms. The molecule has 1 unspecified atom stereocenters. The molecule has 1 atom stereocenters. The van der Waals surface area contributed by atoms with Crippen LogP contribution in [0, 0.1) is 0 Å². The fraction of sp³-hybridized carbons (Fsp3) is 0.250. The van der Waals surface area contributed by atoms with Crippen molar-refractivity contribution in [1.29, 1.82) is 0 Å². The Morgan fingerprint density at radius 1 is 1.28 bits per heavy atom. The number of benzene rings is 1. The second-order valence-corrected chi connectivity index (χ2v) is 5.13. The number of hydrogen-bond donors (Lipinski definition) is 0. The maximum atomic E-state index is 6.13. The van der Waals surface area contributed by atoms with E-state index in [1.165, 1.54) is 16.7 Å². The molecule has 1 aromatic rings. The van der Waals surface area contributed by atoms with E-state index in [0.717, 1.165) is 24.5 Å². The van der Waals surface area contributed by atoms with Gasteiger partial charge in [0.2, 0.25) is 0 Å². The van der Waals surface area contributed by atoms with Crippen LogP contribution in [0.2, 0.25) is 0 Å². The van der Waals surface area contributed by atoms with Gasteiger partial charge in [-0.25, -0.2) is 0 Å². The number of likely N-dealkylation sites (N-methyl/N-ethyl adjacent to an activating group) is 1. The number of nitrogens with zero attached hydrogens (tertiary/aromatic N) is 1. The van der Waals surface area contributed by atoms with Gasteiger partial charge in [0.1, 0.15) is 11.5 Å². The maximum absolute atomic E-state index is 6.13. The monoisotopic (exact) mass is 237 g/mol. The normalized spacial score (nSPS) is 25.2. The summed E-state index contributed by atoms with van der Waals surface area (Å²) >= 11 is 0. The maximum Gasteiger partial charge on any atom is 0.135 e. The smallest absolute Gasteiger partial charge is 0.135 e. The molecule has 0 bridgehead atoms. The summed E-state index contributed by atoms with van der Waals surface area (Å²) in [5.41, 5.74) is 3.82. The molecule has 0 spiro atoms. The van der Waals surface area contributed by atoms with Crippen molar-refractivity contribution in [3.8, 4) is 5.75 Å². The molecule has 1 fully saturated rings. The van der Waals surface area contributed by atoms with Gasteiger partial charge in [-0.3, -0.25) is 4.90 Å². The van der Waals surface area contributed by atoms with Crippen molar-refractivity contribution in [3.63, 3.8) is 0 Å². The van der Waals surface area contributed by atoms with Crippen LogP contribution in [0.25, 0.3) is 6.08 Å². The zero-order valence-electron chi connectivity index (χ0n) is 10.4. The zero-order valence-corrected chi connectivity index (χ0v) is 10.4. The largest absolute Gasteiger partial charge is 0.456 e. The van der Waals surface area contributed by atoms with E-state index in [-0.39, 0.29) is 0 Å². The van der Waals surface area contributed by atoms with Crippen molar-refractivity contribution < 1.29 is 4.74 Å². The number of para-hydroxylation sites is 1. The highest BCUT2D eigenvalue weighted by Crippen LogP contribution is 2.40. The molecule has 90 valence electrons. The number of fused-ring (bicyclic) bond motifs is 3. The molecule has 2 heterocycles. The molecule has 0 aromatic heterocycles. The average molecular weight is 237 g/mol. The van der Waals surface area contributed by atoms with Crippen LogP contribution in [0.5, 0.6) is 5.75 Å². The van der Waals surface area contributed by atoms with Crippen LogP contribution in [0.1, 0.15) is 12.0 Å². The minimum absolute atomic E-state index is 0.433. The third-order valence-electron chi connectivity index (χ3n) is 4.02. The Morgan fingerprint density at radius 3 is 3.11 bits per heavy atom. The summed E-state index contributed by atoms with van der Waals surface area (Å²) in [6, 6.07) is 8.66. The summed E-state index contributed by atoms with van der Waals surface area (Å²) in [6.07, 6.45) is 7.82. The first-order valence-electron chi connectivity index (χ1n) is 6.43. The molecule has 4 rings (SSSR count). The predicted molar refractivity (Wildman–Crippen MR) is 72.2 cm³/mol. The third-order valence-corrected chi connectivity index (χ3v) is 4.02. The highest BCUT2D eigenvalue weighted by Gasteiger charge is 2.33. The van der Waals surface area contributed by atoms with Crippen molar-refractivity contribution in [1.82, 2.24) is 4.90 Å². The van der Waals surface area contributed by atoms with Crippen LogP contribution in [0.4, 0.5) is 0 Å². The van der Waals surface area contributed by atoms with E-state index >= 15 is 0 Å².